The van der Waals surface area contributed by atoms with Crippen molar-refractivity contribution in [2.45, 2.75) is 32.5 Å². The van der Waals surface area contributed by atoms with Crippen LogP contribution in [-0.2, 0) is 16.1 Å². The van der Waals surface area contributed by atoms with Crippen LogP contribution < -0.4 is 11.1 Å². The first-order chi connectivity index (χ1) is 15.2. The van der Waals surface area contributed by atoms with Gasteiger partial charge in [0, 0.05) is 11.9 Å². The SMILES string of the molecule is Cc1cc(C)c(COC(=O)CSc2ncc(C(=O)Nc3ccc(F)cc3)c(N)n2)c(C)c1. The van der Waals surface area contributed by atoms with Crippen molar-refractivity contribution in [3.05, 3.63) is 76.2 Å². The molecule has 0 aliphatic heterocycles. The van der Waals surface area contributed by atoms with E-state index < -0.39 is 17.7 Å². The van der Waals surface area contributed by atoms with Crippen molar-refractivity contribution in [1.82, 2.24) is 9.97 Å². The molecular formula is C23H23FN4O3S. The van der Waals surface area contributed by atoms with Crippen molar-refractivity contribution in [2.75, 3.05) is 16.8 Å². The summed E-state index contributed by atoms with van der Waals surface area (Å²) in [5.74, 6) is -1.36. The van der Waals surface area contributed by atoms with Gasteiger partial charge in [0.25, 0.3) is 5.91 Å². The first kappa shape index (κ1) is 23.2. The molecule has 1 amide bonds. The Hall–Kier alpha value is -3.46. The topological polar surface area (TPSA) is 107 Å². The van der Waals surface area contributed by atoms with E-state index in [0.29, 0.717) is 5.69 Å². The lowest BCUT2D eigenvalue weighted by Gasteiger charge is -2.12. The van der Waals surface area contributed by atoms with E-state index >= 15 is 0 Å². The molecular weight excluding hydrogens is 431 g/mol. The molecule has 0 saturated heterocycles. The van der Waals surface area contributed by atoms with Gasteiger partial charge in [-0.15, -0.1) is 0 Å². The number of nitrogens with zero attached hydrogens (tertiary/aromatic N) is 2. The van der Waals surface area contributed by atoms with Gasteiger partial charge in [0.15, 0.2) is 5.16 Å². The number of carbonyl (C=O) groups excluding carboxylic acids is 2. The van der Waals surface area contributed by atoms with E-state index in [1.807, 2.05) is 20.8 Å². The second-order valence-electron chi connectivity index (χ2n) is 7.24. The number of rotatable bonds is 7. The Kier molecular flexibility index (Phi) is 7.42. The van der Waals surface area contributed by atoms with Crippen LogP contribution in [0.1, 0.15) is 32.6 Å². The van der Waals surface area contributed by atoms with Crippen LogP contribution in [0, 0.1) is 26.6 Å². The number of esters is 1. The van der Waals surface area contributed by atoms with E-state index in [-0.39, 0.29) is 28.9 Å². The zero-order valence-electron chi connectivity index (χ0n) is 17.9. The molecule has 0 fully saturated rings. The maximum absolute atomic E-state index is 13.0. The number of nitrogen functional groups attached to an aromatic ring is 1. The summed E-state index contributed by atoms with van der Waals surface area (Å²) in [5.41, 5.74) is 10.7. The zero-order valence-corrected chi connectivity index (χ0v) is 18.8. The fourth-order valence-electron chi connectivity index (χ4n) is 3.11. The van der Waals surface area contributed by atoms with Crippen molar-refractivity contribution in [3.8, 4) is 0 Å². The van der Waals surface area contributed by atoms with Gasteiger partial charge < -0.3 is 15.8 Å². The molecule has 166 valence electrons. The van der Waals surface area contributed by atoms with Crippen molar-refractivity contribution in [2.24, 2.45) is 0 Å². The number of nitrogens with one attached hydrogen (secondary N) is 1. The van der Waals surface area contributed by atoms with E-state index in [0.717, 1.165) is 34.0 Å². The molecule has 9 heteroatoms. The maximum Gasteiger partial charge on any atom is 0.316 e. The quantitative estimate of drug-likeness (QED) is 0.313. The highest BCUT2D eigenvalue weighted by molar-refractivity contribution is 7.99. The number of amides is 1. The van der Waals surface area contributed by atoms with E-state index in [2.05, 4.69) is 27.4 Å². The fourth-order valence-corrected chi connectivity index (χ4v) is 3.73. The number of halogens is 1. The minimum Gasteiger partial charge on any atom is -0.460 e. The van der Waals surface area contributed by atoms with Crippen LogP contribution in [0.25, 0.3) is 0 Å². The average molecular weight is 455 g/mol. The van der Waals surface area contributed by atoms with Crippen LogP contribution in [0.2, 0.25) is 0 Å². The Morgan fingerprint density at radius 1 is 1.12 bits per heavy atom. The summed E-state index contributed by atoms with van der Waals surface area (Å²) >= 11 is 1.06. The Labute approximate surface area is 189 Å². The lowest BCUT2D eigenvalue weighted by Crippen LogP contribution is -2.16. The van der Waals surface area contributed by atoms with Crippen LogP contribution in [0.15, 0.2) is 47.8 Å². The number of anilines is 2. The van der Waals surface area contributed by atoms with Crippen molar-refractivity contribution >= 4 is 35.1 Å². The smallest absolute Gasteiger partial charge is 0.316 e. The Balaban J connectivity index is 1.54. The van der Waals surface area contributed by atoms with Gasteiger partial charge in [0.05, 0.1) is 5.75 Å². The summed E-state index contributed by atoms with van der Waals surface area (Å²) in [5, 5.41) is 2.84. The number of aromatic nitrogens is 2. The van der Waals surface area contributed by atoms with Gasteiger partial charge in [-0.25, -0.2) is 14.4 Å². The molecule has 1 aromatic heterocycles. The molecule has 0 aliphatic rings. The third-order valence-corrected chi connectivity index (χ3v) is 5.51. The van der Waals surface area contributed by atoms with Gasteiger partial charge in [-0.1, -0.05) is 29.5 Å². The molecule has 3 aromatic rings. The van der Waals surface area contributed by atoms with E-state index in [1.54, 1.807) is 0 Å². The summed E-state index contributed by atoms with van der Waals surface area (Å²) in [4.78, 5) is 32.7. The summed E-state index contributed by atoms with van der Waals surface area (Å²) in [6.45, 7) is 6.20. The predicted molar refractivity (Wildman–Crippen MR) is 122 cm³/mol. The molecule has 0 spiro atoms. The molecule has 0 saturated carbocycles. The monoisotopic (exact) mass is 454 g/mol. The highest BCUT2D eigenvalue weighted by atomic mass is 32.2. The number of nitrogens with two attached hydrogens (primary N) is 1. The lowest BCUT2D eigenvalue weighted by atomic mass is 10.0. The molecule has 0 radical (unpaired) electrons. The van der Waals surface area contributed by atoms with Gasteiger partial charge in [-0.3, -0.25) is 9.59 Å². The lowest BCUT2D eigenvalue weighted by molar-refractivity contribution is -0.141. The Bertz CT molecular complexity index is 1130. The maximum atomic E-state index is 13.0. The number of hydrogen-bond donors (Lipinski definition) is 2. The molecule has 3 rings (SSSR count). The predicted octanol–water partition coefficient (Wildman–Crippen LogP) is 4.21. The summed E-state index contributed by atoms with van der Waals surface area (Å²) in [6, 6.07) is 9.43. The number of benzene rings is 2. The van der Waals surface area contributed by atoms with Gasteiger partial charge in [0.2, 0.25) is 0 Å². The highest BCUT2D eigenvalue weighted by Gasteiger charge is 2.15. The zero-order chi connectivity index (χ0) is 23.3. The third kappa shape index (κ3) is 6.04. The molecule has 7 nitrogen and oxygen atoms in total. The van der Waals surface area contributed by atoms with E-state index in [9.17, 15) is 14.0 Å². The van der Waals surface area contributed by atoms with Crippen LogP contribution in [0.3, 0.4) is 0 Å². The van der Waals surface area contributed by atoms with E-state index in [4.69, 9.17) is 10.5 Å². The number of aryl methyl sites for hydroxylation is 3. The fraction of sp³-hybridized carbons (Fsp3) is 0.217. The van der Waals surface area contributed by atoms with Crippen LogP contribution >= 0.6 is 11.8 Å². The number of ether oxygens (including phenoxy) is 1. The normalized spacial score (nSPS) is 10.6. The first-order valence-corrected chi connectivity index (χ1v) is 10.8. The Morgan fingerprint density at radius 2 is 1.78 bits per heavy atom. The average Bonchev–Trinajstić information content (AvgIpc) is 2.73. The van der Waals surface area contributed by atoms with Crippen LogP contribution in [0.5, 0.6) is 0 Å². The standard InChI is InChI=1S/C23H23FN4O3S/c1-13-8-14(2)19(15(3)9-13)11-31-20(29)12-32-23-26-10-18(21(25)28-23)22(30)27-17-6-4-16(24)5-7-17/h4-10H,11-12H2,1-3H3,(H,27,30)(H2,25,26,28). The molecule has 0 bridgehead atoms. The highest BCUT2D eigenvalue weighted by Crippen LogP contribution is 2.20. The second kappa shape index (κ2) is 10.2. The first-order valence-electron chi connectivity index (χ1n) is 9.77. The molecule has 1 heterocycles. The minimum atomic E-state index is -0.520. The van der Waals surface area contributed by atoms with E-state index in [1.165, 1.54) is 30.5 Å². The number of hydrogen-bond acceptors (Lipinski definition) is 7. The summed E-state index contributed by atoms with van der Waals surface area (Å²) in [7, 11) is 0. The van der Waals surface area contributed by atoms with Crippen molar-refractivity contribution in [3.63, 3.8) is 0 Å². The minimum absolute atomic E-state index is 0.00448. The van der Waals surface area contributed by atoms with Crippen LogP contribution in [-0.4, -0.2) is 27.6 Å². The van der Waals surface area contributed by atoms with Gasteiger partial charge >= 0.3 is 5.97 Å². The van der Waals surface area contributed by atoms with Gasteiger partial charge in [-0.2, -0.15) is 0 Å². The van der Waals surface area contributed by atoms with Crippen molar-refractivity contribution in [1.29, 1.82) is 0 Å². The summed E-state index contributed by atoms with van der Waals surface area (Å²) < 4.78 is 18.4. The molecule has 3 N–H and O–H groups in total. The molecule has 0 atom stereocenters. The number of carbonyl (C=O) groups is 2. The van der Waals surface area contributed by atoms with Crippen molar-refractivity contribution < 1.29 is 18.7 Å². The summed E-state index contributed by atoms with van der Waals surface area (Å²) in [6.07, 6.45) is 1.29. The molecule has 32 heavy (non-hydrogen) atoms. The third-order valence-electron chi connectivity index (χ3n) is 4.68. The van der Waals surface area contributed by atoms with Crippen LogP contribution in [0.4, 0.5) is 15.9 Å². The molecule has 2 aromatic carbocycles. The number of thioether (sulfide) groups is 1. The molecule has 0 unspecified atom stereocenters. The second-order valence-corrected chi connectivity index (χ2v) is 8.18. The largest absolute Gasteiger partial charge is 0.460 e. The molecule has 0 aliphatic carbocycles. The van der Waals surface area contributed by atoms with Gasteiger partial charge in [-0.05, 0) is 61.7 Å². The Morgan fingerprint density at radius 3 is 2.41 bits per heavy atom. The van der Waals surface area contributed by atoms with Gasteiger partial charge in [0.1, 0.15) is 23.8 Å².